The predicted octanol–water partition coefficient (Wildman–Crippen LogP) is 3.65. The quantitative estimate of drug-likeness (QED) is 0.342. The summed E-state index contributed by atoms with van der Waals surface area (Å²) in [6.45, 7) is 6.07. The number of aromatic amines is 1. The Labute approximate surface area is 208 Å². The maximum Gasteiger partial charge on any atom is 0.270 e. The van der Waals surface area contributed by atoms with Crippen LogP contribution in [0.25, 0.3) is 0 Å². The summed E-state index contributed by atoms with van der Waals surface area (Å²) in [6.07, 6.45) is 1.01. The molecular formula is C24H27N3O6S2. The molecule has 0 unspecified atom stereocenters. The number of benzene rings is 2. The van der Waals surface area contributed by atoms with Gasteiger partial charge in [0.2, 0.25) is 15.7 Å². The highest BCUT2D eigenvalue weighted by atomic mass is 32.2. The molecule has 0 fully saturated rings. The first-order chi connectivity index (χ1) is 16.4. The lowest BCUT2D eigenvalue weighted by molar-refractivity contribution is -0.113. The van der Waals surface area contributed by atoms with Crippen molar-refractivity contribution in [2.75, 3.05) is 25.3 Å². The van der Waals surface area contributed by atoms with E-state index in [-0.39, 0.29) is 27.1 Å². The number of hydrogen-bond donors (Lipinski definition) is 2. The number of nitrogens with one attached hydrogen (secondary N) is 2. The van der Waals surface area contributed by atoms with E-state index in [9.17, 15) is 18.0 Å². The van der Waals surface area contributed by atoms with Crippen LogP contribution in [0.2, 0.25) is 0 Å². The molecule has 0 aliphatic heterocycles. The molecule has 186 valence electrons. The molecule has 3 aromatic rings. The van der Waals surface area contributed by atoms with Gasteiger partial charge >= 0.3 is 0 Å². The molecule has 3 rings (SSSR count). The van der Waals surface area contributed by atoms with Crippen LogP contribution in [0, 0.1) is 0 Å². The normalized spacial score (nSPS) is 11.7. The van der Waals surface area contributed by atoms with Crippen molar-refractivity contribution < 1.29 is 22.7 Å². The summed E-state index contributed by atoms with van der Waals surface area (Å²) in [4.78, 5) is 30.9. The van der Waals surface area contributed by atoms with E-state index < -0.39 is 20.3 Å². The first kappa shape index (κ1) is 26.3. The van der Waals surface area contributed by atoms with Gasteiger partial charge in [-0.1, -0.05) is 44.7 Å². The molecule has 0 bridgehead atoms. The molecule has 1 aromatic heterocycles. The molecule has 35 heavy (non-hydrogen) atoms. The third kappa shape index (κ3) is 6.43. The molecule has 2 aromatic carbocycles. The zero-order valence-electron chi connectivity index (χ0n) is 20.0. The molecular weight excluding hydrogens is 490 g/mol. The van der Waals surface area contributed by atoms with E-state index in [0.717, 1.165) is 23.5 Å². The smallest absolute Gasteiger partial charge is 0.270 e. The largest absolute Gasteiger partial charge is 0.497 e. The molecule has 0 radical (unpaired) electrons. The fourth-order valence-electron chi connectivity index (χ4n) is 3.10. The second kappa shape index (κ2) is 10.5. The van der Waals surface area contributed by atoms with Crippen molar-refractivity contribution >= 4 is 33.2 Å². The summed E-state index contributed by atoms with van der Waals surface area (Å²) in [5, 5.41) is 2.83. The molecule has 0 aliphatic carbocycles. The van der Waals surface area contributed by atoms with Gasteiger partial charge in [0.15, 0.2) is 10.1 Å². The summed E-state index contributed by atoms with van der Waals surface area (Å²) >= 11 is 0.966. The maximum absolute atomic E-state index is 12.9. The van der Waals surface area contributed by atoms with Gasteiger partial charge in [-0.25, -0.2) is 13.4 Å². The minimum absolute atomic E-state index is 0.00583. The summed E-state index contributed by atoms with van der Waals surface area (Å²) < 4.78 is 36.3. The predicted molar refractivity (Wildman–Crippen MR) is 134 cm³/mol. The number of H-pyrrole nitrogens is 1. The van der Waals surface area contributed by atoms with Crippen molar-refractivity contribution in [2.45, 2.75) is 41.1 Å². The van der Waals surface area contributed by atoms with E-state index >= 15 is 0 Å². The Morgan fingerprint density at radius 3 is 2.17 bits per heavy atom. The molecule has 1 heterocycles. The van der Waals surface area contributed by atoms with Crippen LogP contribution in [0.15, 0.2) is 68.4 Å². The van der Waals surface area contributed by atoms with E-state index in [2.05, 4.69) is 15.3 Å². The highest BCUT2D eigenvalue weighted by Crippen LogP contribution is 2.27. The molecule has 0 saturated carbocycles. The van der Waals surface area contributed by atoms with Gasteiger partial charge in [-0.2, -0.15) is 0 Å². The number of nitrogens with zero attached hydrogens (tertiary/aromatic N) is 1. The van der Waals surface area contributed by atoms with Crippen molar-refractivity contribution in [3.8, 4) is 11.5 Å². The first-order valence-electron chi connectivity index (χ1n) is 10.5. The Morgan fingerprint density at radius 1 is 1.06 bits per heavy atom. The highest BCUT2D eigenvalue weighted by Gasteiger charge is 2.23. The number of anilines is 1. The average molecular weight is 518 g/mol. The topological polar surface area (TPSA) is 127 Å². The van der Waals surface area contributed by atoms with E-state index in [1.54, 1.807) is 30.3 Å². The van der Waals surface area contributed by atoms with Crippen molar-refractivity contribution in [1.82, 2.24) is 9.97 Å². The van der Waals surface area contributed by atoms with Crippen LogP contribution >= 0.6 is 11.8 Å². The summed E-state index contributed by atoms with van der Waals surface area (Å²) in [7, 11) is -1.05. The number of carbonyl (C=O) groups excluding carboxylic acids is 1. The fraction of sp³-hybridized carbons (Fsp3) is 0.292. The highest BCUT2D eigenvalue weighted by molar-refractivity contribution is 7.99. The Morgan fingerprint density at radius 2 is 1.66 bits per heavy atom. The Balaban J connectivity index is 1.70. The summed E-state index contributed by atoms with van der Waals surface area (Å²) in [5.74, 6) is 0.609. The van der Waals surface area contributed by atoms with Gasteiger partial charge in [0.1, 0.15) is 11.5 Å². The molecule has 0 atom stereocenters. The second-order valence-electron chi connectivity index (χ2n) is 8.60. The van der Waals surface area contributed by atoms with Gasteiger partial charge in [0.05, 0.1) is 31.1 Å². The molecule has 0 spiro atoms. The zero-order chi connectivity index (χ0) is 25.8. The third-order valence-corrected chi connectivity index (χ3v) is 7.69. The average Bonchev–Trinajstić information content (AvgIpc) is 2.81. The van der Waals surface area contributed by atoms with Crippen molar-refractivity contribution in [3.63, 3.8) is 0 Å². The zero-order valence-corrected chi connectivity index (χ0v) is 21.7. The molecule has 9 nitrogen and oxygen atoms in total. The standard InChI is InChI=1S/C24H27N3O6S2/c1-24(2,3)15-6-8-19(9-7-15)35(30,31)20-13-25-23(27-22(20)29)34-14-21(28)26-16-10-17(32-4)12-18(11-16)33-5/h6-13H,14H2,1-5H3,(H,26,28)(H,25,27,29). The minimum Gasteiger partial charge on any atom is -0.497 e. The molecule has 2 N–H and O–H groups in total. The van der Waals surface area contributed by atoms with Crippen LogP contribution in [0.4, 0.5) is 5.69 Å². The number of carbonyl (C=O) groups is 1. The number of amides is 1. The first-order valence-corrected chi connectivity index (χ1v) is 13.0. The maximum atomic E-state index is 12.9. The Bertz CT molecular complexity index is 1360. The SMILES string of the molecule is COc1cc(NC(=O)CSc2ncc(S(=O)(=O)c3ccc(C(C)(C)C)cc3)c(=O)[nH]2)cc(OC)c1. The van der Waals surface area contributed by atoms with Gasteiger partial charge in [-0.15, -0.1) is 0 Å². The number of ether oxygens (including phenoxy) is 2. The fourth-order valence-corrected chi connectivity index (χ4v) is 4.97. The van der Waals surface area contributed by atoms with E-state index in [1.165, 1.54) is 26.4 Å². The van der Waals surface area contributed by atoms with Gasteiger partial charge in [-0.05, 0) is 23.1 Å². The Hall–Kier alpha value is -3.31. The molecule has 0 saturated heterocycles. The van der Waals surface area contributed by atoms with Gasteiger partial charge in [0, 0.05) is 23.9 Å². The van der Waals surface area contributed by atoms with Crippen LogP contribution in [0.1, 0.15) is 26.3 Å². The van der Waals surface area contributed by atoms with E-state index in [4.69, 9.17) is 9.47 Å². The van der Waals surface area contributed by atoms with Crippen LogP contribution in [0.3, 0.4) is 0 Å². The number of hydrogen-bond acceptors (Lipinski definition) is 8. The number of aromatic nitrogens is 2. The lowest BCUT2D eigenvalue weighted by Crippen LogP contribution is -2.20. The van der Waals surface area contributed by atoms with Crippen LogP contribution in [-0.4, -0.2) is 44.3 Å². The van der Waals surface area contributed by atoms with Crippen LogP contribution in [-0.2, 0) is 20.0 Å². The van der Waals surface area contributed by atoms with Gasteiger partial charge in [0.25, 0.3) is 5.56 Å². The molecule has 0 aliphatic rings. The lowest BCUT2D eigenvalue weighted by Gasteiger charge is -2.19. The van der Waals surface area contributed by atoms with E-state index in [0.29, 0.717) is 17.2 Å². The lowest BCUT2D eigenvalue weighted by atomic mass is 9.87. The Kier molecular flexibility index (Phi) is 7.91. The number of rotatable bonds is 8. The third-order valence-electron chi connectivity index (χ3n) is 5.04. The van der Waals surface area contributed by atoms with Gasteiger partial charge < -0.3 is 19.8 Å². The van der Waals surface area contributed by atoms with Gasteiger partial charge in [-0.3, -0.25) is 9.59 Å². The molecule has 1 amide bonds. The summed E-state index contributed by atoms with van der Waals surface area (Å²) in [5.41, 5.74) is 0.513. The number of sulfone groups is 1. The molecule has 11 heteroatoms. The van der Waals surface area contributed by atoms with Crippen LogP contribution in [0.5, 0.6) is 11.5 Å². The number of thioether (sulfide) groups is 1. The minimum atomic E-state index is -4.05. The van der Waals surface area contributed by atoms with Crippen LogP contribution < -0.4 is 20.3 Å². The monoisotopic (exact) mass is 517 g/mol. The van der Waals surface area contributed by atoms with E-state index in [1.807, 2.05) is 20.8 Å². The van der Waals surface area contributed by atoms with Crippen molar-refractivity contribution in [2.24, 2.45) is 0 Å². The van der Waals surface area contributed by atoms with Crippen molar-refractivity contribution in [3.05, 3.63) is 64.6 Å². The summed E-state index contributed by atoms with van der Waals surface area (Å²) in [6, 6.07) is 11.4. The van der Waals surface area contributed by atoms with Crippen molar-refractivity contribution in [1.29, 1.82) is 0 Å². The second-order valence-corrected chi connectivity index (χ2v) is 11.5. The number of methoxy groups -OCH3 is 2.